The molecule has 7 nitrogen and oxygen atoms in total. The Labute approximate surface area is 179 Å². The van der Waals surface area contributed by atoms with Crippen molar-refractivity contribution in [2.24, 2.45) is 0 Å². The fourth-order valence-corrected chi connectivity index (χ4v) is 3.51. The van der Waals surface area contributed by atoms with E-state index in [0.717, 1.165) is 17.8 Å². The van der Waals surface area contributed by atoms with E-state index in [2.05, 4.69) is 15.7 Å². The molecule has 2 heterocycles. The number of hydrogen-bond donors (Lipinski definition) is 2. The van der Waals surface area contributed by atoms with Crippen molar-refractivity contribution in [2.75, 3.05) is 17.2 Å². The van der Waals surface area contributed by atoms with Crippen molar-refractivity contribution in [1.82, 2.24) is 9.78 Å². The lowest BCUT2D eigenvalue weighted by Crippen LogP contribution is -2.27. The fourth-order valence-electron chi connectivity index (χ4n) is 3.33. The molecule has 1 unspecified atom stereocenters. The van der Waals surface area contributed by atoms with Crippen molar-refractivity contribution in [3.63, 3.8) is 0 Å². The summed E-state index contributed by atoms with van der Waals surface area (Å²) in [6.45, 7) is 2.44. The van der Waals surface area contributed by atoms with Crippen molar-refractivity contribution >= 4 is 34.9 Å². The number of ether oxygens (including phenoxy) is 1. The summed E-state index contributed by atoms with van der Waals surface area (Å²) >= 11 is 6.09. The monoisotopic (exact) mass is 424 g/mol. The quantitative estimate of drug-likeness (QED) is 0.642. The molecule has 1 aliphatic heterocycles. The zero-order valence-corrected chi connectivity index (χ0v) is 17.1. The van der Waals surface area contributed by atoms with Crippen LogP contribution in [0.1, 0.15) is 28.9 Å². The molecule has 3 aromatic rings. The number of aryl methyl sites for hydroxylation is 1. The summed E-state index contributed by atoms with van der Waals surface area (Å²) in [5.74, 6) is 0.0136. The number of nitrogens with one attached hydrogen (secondary N) is 2. The molecule has 8 heteroatoms. The third kappa shape index (κ3) is 4.53. The lowest BCUT2D eigenvalue weighted by Gasteiger charge is -2.12. The van der Waals surface area contributed by atoms with Crippen LogP contribution >= 0.6 is 11.6 Å². The first kappa shape index (κ1) is 20.1. The van der Waals surface area contributed by atoms with E-state index in [4.69, 9.17) is 16.3 Å². The average molecular weight is 425 g/mol. The minimum atomic E-state index is -0.433. The van der Waals surface area contributed by atoms with Crippen molar-refractivity contribution in [2.45, 2.75) is 25.9 Å². The van der Waals surface area contributed by atoms with E-state index in [-0.39, 0.29) is 11.8 Å². The maximum Gasteiger partial charge on any atom is 0.256 e. The van der Waals surface area contributed by atoms with E-state index in [9.17, 15) is 9.59 Å². The minimum Gasteiger partial charge on any atom is -0.368 e. The van der Waals surface area contributed by atoms with Gasteiger partial charge in [0.25, 0.3) is 11.8 Å². The normalized spacial score (nSPS) is 15.7. The highest BCUT2D eigenvalue weighted by molar-refractivity contribution is 6.30. The lowest BCUT2D eigenvalue weighted by atomic mass is 10.1. The molecule has 2 aromatic carbocycles. The van der Waals surface area contributed by atoms with Gasteiger partial charge in [-0.15, -0.1) is 0 Å². The van der Waals surface area contributed by atoms with Crippen LogP contribution in [0, 0.1) is 6.92 Å². The number of benzene rings is 2. The van der Waals surface area contributed by atoms with Crippen LogP contribution < -0.4 is 10.6 Å². The van der Waals surface area contributed by atoms with Crippen LogP contribution in [0.25, 0.3) is 5.69 Å². The number of carbonyl (C=O) groups is 2. The van der Waals surface area contributed by atoms with E-state index in [1.165, 1.54) is 0 Å². The number of amides is 2. The van der Waals surface area contributed by atoms with E-state index in [1.807, 2.05) is 19.1 Å². The topological polar surface area (TPSA) is 85.3 Å². The van der Waals surface area contributed by atoms with Gasteiger partial charge in [-0.2, -0.15) is 5.10 Å². The molecule has 0 spiro atoms. The van der Waals surface area contributed by atoms with Gasteiger partial charge in [-0.1, -0.05) is 23.7 Å². The number of aromatic nitrogens is 2. The molecule has 1 atom stereocenters. The van der Waals surface area contributed by atoms with Crippen molar-refractivity contribution in [3.8, 4) is 5.69 Å². The predicted molar refractivity (Wildman–Crippen MR) is 115 cm³/mol. The lowest BCUT2D eigenvalue weighted by molar-refractivity contribution is -0.124. The van der Waals surface area contributed by atoms with Crippen LogP contribution in [0.15, 0.2) is 54.6 Å². The first-order chi connectivity index (χ1) is 14.5. The SMILES string of the molecule is Cc1cc(NC(=O)c2cccc(NC(=O)C3CCCO3)c2)n(-c2cccc(Cl)c2)n1. The second kappa shape index (κ2) is 8.69. The molecule has 1 saturated heterocycles. The predicted octanol–water partition coefficient (Wildman–Crippen LogP) is 4.20. The van der Waals surface area contributed by atoms with Gasteiger partial charge in [0.15, 0.2) is 0 Å². The van der Waals surface area contributed by atoms with E-state index >= 15 is 0 Å². The Morgan fingerprint density at radius 2 is 1.97 bits per heavy atom. The number of carbonyl (C=O) groups excluding carboxylic acids is 2. The van der Waals surface area contributed by atoms with Gasteiger partial charge in [0.1, 0.15) is 11.9 Å². The van der Waals surface area contributed by atoms with Crippen molar-refractivity contribution in [3.05, 3.63) is 70.9 Å². The zero-order valence-electron chi connectivity index (χ0n) is 16.4. The van der Waals surface area contributed by atoms with Crippen LogP contribution in [0.3, 0.4) is 0 Å². The molecular formula is C22H21ClN4O3. The zero-order chi connectivity index (χ0) is 21.1. The van der Waals surface area contributed by atoms with Gasteiger partial charge in [-0.25, -0.2) is 4.68 Å². The fraction of sp³-hybridized carbons (Fsp3) is 0.227. The maximum absolute atomic E-state index is 12.9. The van der Waals surface area contributed by atoms with Crippen LogP contribution in [0.2, 0.25) is 5.02 Å². The molecule has 2 amide bonds. The van der Waals surface area contributed by atoms with Gasteiger partial charge in [0.05, 0.1) is 11.4 Å². The summed E-state index contributed by atoms with van der Waals surface area (Å²) in [7, 11) is 0. The Kier molecular flexibility index (Phi) is 5.83. The van der Waals surface area contributed by atoms with Gasteiger partial charge in [0, 0.05) is 28.9 Å². The molecule has 1 aliphatic rings. The molecule has 0 aliphatic carbocycles. The molecule has 1 fully saturated rings. The summed E-state index contributed by atoms with van der Waals surface area (Å²) in [6, 6.07) is 15.8. The molecule has 0 saturated carbocycles. The summed E-state index contributed by atoms with van der Waals surface area (Å²) in [6.07, 6.45) is 1.15. The van der Waals surface area contributed by atoms with E-state index in [1.54, 1.807) is 47.1 Å². The Morgan fingerprint density at radius 1 is 1.13 bits per heavy atom. The second-order valence-electron chi connectivity index (χ2n) is 7.09. The standard InChI is InChI=1S/C22H21ClN4O3/c1-14-11-20(27(26-14)18-8-3-6-16(23)13-18)25-21(28)15-5-2-7-17(12-15)24-22(29)19-9-4-10-30-19/h2-3,5-8,11-13,19H,4,9-10H2,1H3,(H,24,29)(H,25,28). The van der Waals surface area contributed by atoms with Gasteiger partial charge >= 0.3 is 0 Å². The molecule has 2 N–H and O–H groups in total. The maximum atomic E-state index is 12.9. The van der Waals surface area contributed by atoms with E-state index in [0.29, 0.717) is 35.1 Å². The summed E-state index contributed by atoms with van der Waals surface area (Å²) in [5, 5.41) is 10.7. The average Bonchev–Trinajstić information content (AvgIpc) is 3.38. The Bertz CT molecular complexity index is 1090. The van der Waals surface area contributed by atoms with Gasteiger partial charge < -0.3 is 15.4 Å². The summed E-state index contributed by atoms with van der Waals surface area (Å²) in [4.78, 5) is 25.1. The number of rotatable bonds is 5. The van der Waals surface area contributed by atoms with Crippen LogP contribution in [-0.2, 0) is 9.53 Å². The van der Waals surface area contributed by atoms with Gasteiger partial charge in [-0.05, 0) is 56.2 Å². The third-order valence-electron chi connectivity index (χ3n) is 4.74. The number of halogens is 1. The highest BCUT2D eigenvalue weighted by Gasteiger charge is 2.23. The molecular weight excluding hydrogens is 404 g/mol. The summed E-state index contributed by atoms with van der Waals surface area (Å²) < 4.78 is 7.03. The molecule has 0 radical (unpaired) electrons. The van der Waals surface area contributed by atoms with Gasteiger partial charge in [0.2, 0.25) is 0 Å². The number of anilines is 2. The molecule has 1 aromatic heterocycles. The highest BCUT2D eigenvalue weighted by atomic mass is 35.5. The van der Waals surface area contributed by atoms with Crippen LogP contribution in [-0.4, -0.2) is 34.3 Å². The second-order valence-corrected chi connectivity index (χ2v) is 7.52. The molecule has 154 valence electrons. The smallest absolute Gasteiger partial charge is 0.256 e. The number of nitrogens with zero attached hydrogens (tertiary/aromatic N) is 2. The van der Waals surface area contributed by atoms with Gasteiger partial charge in [-0.3, -0.25) is 9.59 Å². The molecule has 4 rings (SSSR count). The largest absolute Gasteiger partial charge is 0.368 e. The molecule has 30 heavy (non-hydrogen) atoms. The Hall–Kier alpha value is -3.16. The first-order valence-corrected chi connectivity index (χ1v) is 10.0. The minimum absolute atomic E-state index is 0.195. The van der Waals surface area contributed by atoms with Crippen molar-refractivity contribution in [1.29, 1.82) is 0 Å². The van der Waals surface area contributed by atoms with E-state index < -0.39 is 6.10 Å². The van der Waals surface area contributed by atoms with Crippen LogP contribution in [0.4, 0.5) is 11.5 Å². The summed E-state index contributed by atoms with van der Waals surface area (Å²) in [5.41, 5.74) is 2.45. The third-order valence-corrected chi connectivity index (χ3v) is 4.98. The number of hydrogen-bond acceptors (Lipinski definition) is 4. The first-order valence-electron chi connectivity index (χ1n) is 9.66. The Morgan fingerprint density at radius 3 is 2.73 bits per heavy atom. The van der Waals surface area contributed by atoms with Crippen molar-refractivity contribution < 1.29 is 14.3 Å². The molecule has 0 bridgehead atoms. The Balaban J connectivity index is 1.51. The highest BCUT2D eigenvalue weighted by Crippen LogP contribution is 2.22. The van der Waals surface area contributed by atoms with Crippen LogP contribution in [0.5, 0.6) is 0 Å².